The number of nitrogens with one attached hydrogen (secondary N) is 2. The van der Waals surface area contributed by atoms with Crippen LogP contribution in [-0.4, -0.2) is 36.3 Å². The van der Waals surface area contributed by atoms with Gasteiger partial charge in [0.15, 0.2) is 0 Å². The fraction of sp³-hybridized carbons (Fsp3) is 0.263. The first kappa shape index (κ1) is 19.0. The van der Waals surface area contributed by atoms with Gasteiger partial charge in [0.2, 0.25) is 5.91 Å². The van der Waals surface area contributed by atoms with Crippen LogP contribution in [0.25, 0.3) is 0 Å². The molecule has 25 heavy (non-hydrogen) atoms. The van der Waals surface area contributed by atoms with Gasteiger partial charge in [0, 0.05) is 28.8 Å². The first-order chi connectivity index (χ1) is 12.0. The number of benzene rings is 2. The van der Waals surface area contributed by atoms with Crippen molar-refractivity contribution in [3.63, 3.8) is 0 Å². The van der Waals surface area contributed by atoms with Crippen LogP contribution in [0.5, 0.6) is 0 Å². The van der Waals surface area contributed by atoms with Crippen molar-refractivity contribution < 1.29 is 9.59 Å². The van der Waals surface area contributed by atoms with Gasteiger partial charge in [-0.25, -0.2) is 0 Å². The summed E-state index contributed by atoms with van der Waals surface area (Å²) in [5, 5.41) is 5.89. The van der Waals surface area contributed by atoms with Gasteiger partial charge in [0.05, 0.1) is 12.2 Å². The maximum Gasteiger partial charge on any atom is 0.253 e. The van der Waals surface area contributed by atoms with Crippen LogP contribution in [0.3, 0.4) is 0 Å². The molecule has 0 heterocycles. The minimum atomic E-state index is -0.143. The first-order valence-corrected chi connectivity index (χ1v) is 9.02. The zero-order valence-corrected chi connectivity index (χ0v) is 16.0. The second kappa shape index (κ2) is 9.22. The number of carbonyl (C=O) groups is 2. The predicted molar refractivity (Wildman–Crippen MR) is 105 cm³/mol. The van der Waals surface area contributed by atoms with Gasteiger partial charge in [-0.3, -0.25) is 9.59 Å². The van der Waals surface area contributed by atoms with Gasteiger partial charge in [-0.1, -0.05) is 12.1 Å². The Morgan fingerprint density at radius 1 is 1.00 bits per heavy atom. The zero-order chi connectivity index (χ0) is 18.2. The number of halogens is 1. The molecule has 0 aliphatic rings. The third-order valence-corrected chi connectivity index (χ3v) is 4.48. The van der Waals surface area contributed by atoms with Crippen LogP contribution in [-0.2, 0) is 4.79 Å². The number of anilines is 2. The van der Waals surface area contributed by atoms with Crippen LogP contribution in [0.1, 0.15) is 24.2 Å². The average molecular weight is 404 g/mol. The fourth-order valence-electron chi connectivity index (χ4n) is 2.36. The smallest absolute Gasteiger partial charge is 0.253 e. The number of nitrogens with zero attached hydrogens (tertiary/aromatic N) is 1. The number of hydrogen-bond acceptors (Lipinski definition) is 3. The molecule has 0 fully saturated rings. The normalized spacial score (nSPS) is 10.2. The quantitative estimate of drug-likeness (QED) is 0.734. The van der Waals surface area contributed by atoms with E-state index in [4.69, 9.17) is 0 Å². The van der Waals surface area contributed by atoms with E-state index in [1.54, 1.807) is 17.0 Å². The zero-order valence-electron chi connectivity index (χ0n) is 14.4. The van der Waals surface area contributed by atoms with Gasteiger partial charge in [0.1, 0.15) is 0 Å². The second-order valence-corrected chi connectivity index (χ2v) is 6.29. The Morgan fingerprint density at radius 3 is 2.24 bits per heavy atom. The monoisotopic (exact) mass is 403 g/mol. The van der Waals surface area contributed by atoms with Crippen molar-refractivity contribution in [2.24, 2.45) is 0 Å². The maximum atomic E-state index is 12.3. The van der Waals surface area contributed by atoms with Crippen molar-refractivity contribution >= 4 is 39.1 Å². The molecule has 0 spiro atoms. The van der Waals surface area contributed by atoms with Gasteiger partial charge in [-0.2, -0.15) is 0 Å². The molecule has 2 amide bonds. The lowest BCUT2D eigenvalue weighted by Crippen LogP contribution is -2.30. The lowest BCUT2D eigenvalue weighted by molar-refractivity contribution is -0.114. The summed E-state index contributed by atoms with van der Waals surface area (Å²) < 4.78 is 0.836. The molecule has 0 aliphatic heterocycles. The van der Waals surface area contributed by atoms with Gasteiger partial charge in [-0.15, -0.1) is 0 Å². The number of hydrogen-bond donors (Lipinski definition) is 2. The van der Waals surface area contributed by atoms with Crippen LogP contribution < -0.4 is 10.6 Å². The lowest BCUT2D eigenvalue weighted by atomic mass is 10.2. The summed E-state index contributed by atoms with van der Waals surface area (Å²) >= 11 is 3.39. The SMILES string of the molecule is CCN(CC)C(=O)c1ccc(NCC(=O)Nc2ccccc2Br)cc1. The Morgan fingerprint density at radius 2 is 1.64 bits per heavy atom. The third kappa shape index (κ3) is 5.32. The topological polar surface area (TPSA) is 61.4 Å². The summed E-state index contributed by atoms with van der Waals surface area (Å²) in [6, 6.07) is 14.6. The minimum Gasteiger partial charge on any atom is -0.376 e. The number of amides is 2. The van der Waals surface area contributed by atoms with Crippen molar-refractivity contribution in [1.29, 1.82) is 0 Å². The molecule has 6 heteroatoms. The summed E-state index contributed by atoms with van der Waals surface area (Å²) in [5.41, 5.74) is 2.17. The highest BCUT2D eigenvalue weighted by Gasteiger charge is 2.12. The lowest BCUT2D eigenvalue weighted by Gasteiger charge is -2.18. The van der Waals surface area contributed by atoms with Crippen molar-refractivity contribution in [2.75, 3.05) is 30.3 Å². The van der Waals surface area contributed by atoms with Crippen LogP contribution in [0.2, 0.25) is 0 Å². The van der Waals surface area contributed by atoms with E-state index in [0.29, 0.717) is 18.7 Å². The number of para-hydroxylation sites is 1. The van der Waals surface area contributed by atoms with E-state index in [-0.39, 0.29) is 18.4 Å². The molecule has 0 bridgehead atoms. The van der Waals surface area contributed by atoms with Gasteiger partial charge >= 0.3 is 0 Å². The summed E-state index contributed by atoms with van der Waals surface area (Å²) in [6.07, 6.45) is 0. The van der Waals surface area contributed by atoms with Gasteiger partial charge in [0.25, 0.3) is 5.91 Å². The van der Waals surface area contributed by atoms with E-state index in [1.807, 2.05) is 50.2 Å². The minimum absolute atomic E-state index is 0.0169. The largest absolute Gasteiger partial charge is 0.376 e. The molecule has 2 aromatic carbocycles. The van der Waals surface area contributed by atoms with Crippen LogP contribution in [0.15, 0.2) is 53.0 Å². The molecular weight excluding hydrogens is 382 g/mol. The molecule has 2 N–H and O–H groups in total. The van der Waals surface area contributed by atoms with Crippen molar-refractivity contribution in [3.05, 3.63) is 58.6 Å². The number of rotatable bonds is 7. The summed E-state index contributed by atoms with van der Waals surface area (Å²) in [5.74, 6) is -0.126. The molecule has 0 atom stereocenters. The maximum absolute atomic E-state index is 12.3. The van der Waals surface area contributed by atoms with Crippen molar-refractivity contribution in [1.82, 2.24) is 4.90 Å². The molecule has 2 aromatic rings. The van der Waals surface area contributed by atoms with E-state index in [0.717, 1.165) is 15.8 Å². The summed E-state index contributed by atoms with van der Waals surface area (Å²) in [6.45, 7) is 5.43. The van der Waals surface area contributed by atoms with Gasteiger partial charge in [-0.05, 0) is 66.2 Å². The molecule has 0 unspecified atom stereocenters. The molecule has 0 saturated heterocycles. The Labute approximate surface area is 156 Å². The molecule has 0 radical (unpaired) electrons. The summed E-state index contributed by atoms with van der Waals surface area (Å²) in [7, 11) is 0. The molecule has 2 rings (SSSR count). The van der Waals surface area contributed by atoms with E-state index >= 15 is 0 Å². The Balaban J connectivity index is 1.90. The second-order valence-electron chi connectivity index (χ2n) is 5.44. The van der Waals surface area contributed by atoms with Gasteiger partial charge < -0.3 is 15.5 Å². The predicted octanol–water partition coefficient (Wildman–Crippen LogP) is 3.98. The Kier molecular flexibility index (Phi) is 7.01. The molecule has 0 saturated carbocycles. The van der Waals surface area contributed by atoms with Crippen molar-refractivity contribution in [2.45, 2.75) is 13.8 Å². The standard InChI is InChI=1S/C19H22BrN3O2/c1-3-23(4-2)19(25)14-9-11-15(12-10-14)21-13-18(24)22-17-8-6-5-7-16(17)20/h5-12,21H,3-4,13H2,1-2H3,(H,22,24). The van der Waals surface area contributed by atoms with Crippen molar-refractivity contribution in [3.8, 4) is 0 Å². The Bertz CT molecular complexity index is 728. The highest BCUT2D eigenvalue weighted by atomic mass is 79.9. The molecular formula is C19H22BrN3O2. The highest BCUT2D eigenvalue weighted by Crippen LogP contribution is 2.21. The van der Waals surface area contributed by atoms with Crippen LogP contribution in [0, 0.1) is 0 Å². The van der Waals surface area contributed by atoms with Crippen LogP contribution >= 0.6 is 15.9 Å². The molecule has 132 valence electrons. The highest BCUT2D eigenvalue weighted by molar-refractivity contribution is 9.10. The fourth-order valence-corrected chi connectivity index (χ4v) is 2.75. The first-order valence-electron chi connectivity index (χ1n) is 8.22. The van der Waals surface area contributed by atoms with E-state index < -0.39 is 0 Å². The summed E-state index contributed by atoms with van der Waals surface area (Å²) in [4.78, 5) is 26.1. The molecule has 0 aromatic heterocycles. The molecule has 0 aliphatic carbocycles. The Hall–Kier alpha value is -2.34. The number of carbonyl (C=O) groups excluding carboxylic acids is 2. The molecule has 5 nitrogen and oxygen atoms in total. The van der Waals surface area contributed by atoms with E-state index in [9.17, 15) is 9.59 Å². The van der Waals surface area contributed by atoms with E-state index in [2.05, 4.69) is 26.6 Å². The third-order valence-electron chi connectivity index (χ3n) is 3.78. The van der Waals surface area contributed by atoms with E-state index in [1.165, 1.54) is 0 Å². The average Bonchev–Trinajstić information content (AvgIpc) is 2.63. The van der Waals surface area contributed by atoms with Crippen LogP contribution in [0.4, 0.5) is 11.4 Å².